The standard InChI is InChI=1S/C57H38N2/c1-57(2)51-22-12-10-20-44(51)47-33-50-49-31-36(25-29-55(49)58(56(50)34-52(47)57)37-14-4-3-5-15-37)35-24-28-54-48(30-35)45-21-11-13-23-53(45)59(54)38-26-27-43-41-18-7-6-16-39(41)40-17-8-9-19-42(40)46(43)32-38/h3-34H,1-2H3. The van der Waals surface area contributed by atoms with E-state index in [1.807, 2.05) is 0 Å². The molecular weight excluding hydrogens is 713 g/mol. The Balaban J connectivity index is 1.02. The normalized spacial score (nSPS) is 13.4. The van der Waals surface area contributed by atoms with Crippen LogP contribution in [0, 0.1) is 0 Å². The lowest BCUT2D eigenvalue weighted by Gasteiger charge is -2.21. The third-order valence-electron chi connectivity index (χ3n) is 13.5. The van der Waals surface area contributed by atoms with Crippen molar-refractivity contribution in [3.8, 4) is 33.6 Å². The fourth-order valence-corrected chi connectivity index (χ4v) is 10.7. The van der Waals surface area contributed by atoms with E-state index >= 15 is 0 Å². The van der Waals surface area contributed by atoms with Gasteiger partial charge in [0.05, 0.1) is 22.1 Å². The predicted molar refractivity (Wildman–Crippen MR) is 251 cm³/mol. The quantitative estimate of drug-likeness (QED) is 0.159. The highest BCUT2D eigenvalue weighted by molar-refractivity contribution is 6.26. The van der Waals surface area contributed by atoms with Gasteiger partial charge in [0.15, 0.2) is 0 Å². The monoisotopic (exact) mass is 750 g/mol. The van der Waals surface area contributed by atoms with Gasteiger partial charge >= 0.3 is 0 Å². The molecular formula is C57H38N2. The Bertz CT molecular complexity index is 3710. The van der Waals surface area contributed by atoms with Crippen LogP contribution in [-0.2, 0) is 5.41 Å². The molecule has 2 aromatic heterocycles. The second-order valence-electron chi connectivity index (χ2n) is 16.9. The van der Waals surface area contributed by atoms with Crippen molar-refractivity contribution in [2.45, 2.75) is 19.3 Å². The van der Waals surface area contributed by atoms with Crippen molar-refractivity contribution in [3.05, 3.63) is 205 Å². The molecule has 276 valence electrons. The molecule has 0 N–H and O–H groups in total. The molecule has 1 aliphatic carbocycles. The largest absolute Gasteiger partial charge is 0.309 e. The van der Waals surface area contributed by atoms with Gasteiger partial charge in [0.2, 0.25) is 0 Å². The Morgan fingerprint density at radius 3 is 1.49 bits per heavy atom. The van der Waals surface area contributed by atoms with E-state index in [2.05, 4.69) is 217 Å². The molecule has 0 aliphatic heterocycles. The first-order valence-electron chi connectivity index (χ1n) is 20.7. The van der Waals surface area contributed by atoms with Gasteiger partial charge in [-0.05, 0) is 132 Å². The molecule has 2 heterocycles. The number of hydrogen-bond acceptors (Lipinski definition) is 0. The van der Waals surface area contributed by atoms with Crippen molar-refractivity contribution in [2.24, 2.45) is 0 Å². The molecule has 0 atom stereocenters. The van der Waals surface area contributed by atoms with Gasteiger partial charge in [-0.2, -0.15) is 0 Å². The maximum Gasteiger partial charge on any atom is 0.0544 e. The van der Waals surface area contributed by atoms with Gasteiger partial charge < -0.3 is 9.13 Å². The van der Waals surface area contributed by atoms with Gasteiger partial charge in [0, 0.05) is 38.3 Å². The molecule has 59 heavy (non-hydrogen) atoms. The minimum Gasteiger partial charge on any atom is -0.309 e. The second kappa shape index (κ2) is 11.8. The zero-order valence-corrected chi connectivity index (χ0v) is 32.9. The summed E-state index contributed by atoms with van der Waals surface area (Å²) in [5, 5.41) is 12.8. The molecule has 0 unspecified atom stereocenters. The molecule has 0 fully saturated rings. The number of fused-ring (bicyclic) bond motifs is 15. The Labute approximate surface area is 341 Å². The van der Waals surface area contributed by atoms with Crippen LogP contribution in [0.25, 0.3) is 110 Å². The summed E-state index contributed by atoms with van der Waals surface area (Å²) in [7, 11) is 0. The average Bonchev–Trinajstić information content (AvgIpc) is 3.88. The van der Waals surface area contributed by atoms with Gasteiger partial charge in [0.25, 0.3) is 0 Å². The highest BCUT2D eigenvalue weighted by atomic mass is 15.0. The summed E-state index contributed by atoms with van der Waals surface area (Å²) >= 11 is 0. The van der Waals surface area contributed by atoms with E-state index in [-0.39, 0.29) is 5.41 Å². The minimum atomic E-state index is -0.0765. The number of aromatic nitrogens is 2. The Hall–Kier alpha value is -7.42. The molecule has 10 aromatic carbocycles. The number of hydrogen-bond donors (Lipinski definition) is 0. The number of nitrogens with zero attached hydrogens (tertiary/aromatic N) is 2. The second-order valence-corrected chi connectivity index (χ2v) is 16.9. The molecule has 0 bridgehead atoms. The predicted octanol–water partition coefficient (Wildman–Crippen LogP) is 15.3. The summed E-state index contributed by atoms with van der Waals surface area (Å²) in [6.07, 6.45) is 0. The van der Waals surface area contributed by atoms with Gasteiger partial charge in [-0.25, -0.2) is 0 Å². The topological polar surface area (TPSA) is 9.86 Å². The summed E-state index contributed by atoms with van der Waals surface area (Å²) in [5.41, 5.74) is 15.1. The molecule has 13 rings (SSSR count). The van der Waals surface area contributed by atoms with Crippen molar-refractivity contribution in [3.63, 3.8) is 0 Å². The van der Waals surface area contributed by atoms with Crippen LogP contribution in [0.5, 0.6) is 0 Å². The van der Waals surface area contributed by atoms with E-state index in [1.165, 1.54) is 121 Å². The molecule has 0 spiro atoms. The molecule has 0 amide bonds. The minimum absolute atomic E-state index is 0.0765. The summed E-state index contributed by atoms with van der Waals surface area (Å²) < 4.78 is 4.91. The molecule has 0 saturated heterocycles. The molecule has 2 nitrogen and oxygen atoms in total. The Morgan fingerprint density at radius 1 is 0.288 bits per heavy atom. The van der Waals surface area contributed by atoms with E-state index in [0.29, 0.717) is 0 Å². The van der Waals surface area contributed by atoms with E-state index < -0.39 is 0 Å². The van der Waals surface area contributed by atoms with Crippen molar-refractivity contribution < 1.29 is 0 Å². The van der Waals surface area contributed by atoms with E-state index in [1.54, 1.807) is 0 Å². The first-order valence-corrected chi connectivity index (χ1v) is 20.7. The van der Waals surface area contributed by atoms with E-state index in [4.69, 9.17) is 0 Å². The highest BCUT2D eigenvalue weighted by Crippen LogP contribution is 2.51. The zero-order chi connectivity index (χ0) is 39.0. The van der Waals surface area contributed by atoms with E-state index in [0.717, 1.165) is 0 Å². The third-order valence-corrected chi connectivity index (χ3v) is 13.5. The third kappa shape index (κ3) is 4.46. The van der Waals surface area contributed by atoms with Gasteiger partial charge in [-0.1, -0.05) is 141 Å². The number of para-hydroxylation sites is 2. The maximum absolute atomic E-state index is 2.47. The Morgan fingerprint density at radius 2 is 0.797 bits per heavy atom. The zero-order valence-electron chi connectivity index (χ0n) is 32.9. The number of rotatable bonds is 3. The van der Waals surface area contributed by atoms with Crippen molar-refractivity contribution in [1.29, 1.82) is 0 Å². The maximum atomic E-state index is 2.47. The van der Waals surface area contributed by atoms with Crippen LogP contribution in [0.2, 0.25) is 0 Å². The van der Waals surface area contributed by atoms with Crippen LogP contribution in [0.1, 0.15) is 25.0 Å². The van der Waals surface area contributed by atoms with Crippen LogP contribution < -0.4 is 0 Å². The number of benzene rings is 10. The summed E-state index contributed by atoms with van der Waals surface area (Å²) in [6.45, 7) is 4.74. The lowest BCUT2D eigenvalue weighted by atomic mass is 9.82. The molecule has 0 saturated carbocycles. The van der Waals surface area contributed by atoms with Gasteiger partial charge in [-0.3, -0.25) is 0 Å². The summed E-state index contributed by atoms with van der Waals surface area (Å²) in [6, 6.07) is 72.4. The van der Waals surface area contributed by atoms with Crippen LogP contribution in [0.3, 0.4) is 0 Å². The smallest absolute Gasteiger partial charge is 0.0544 e. The van der Waals surface area contributed by atoms with Crippen molar-refractivity contribution in [1.82, 2.24) is 9.13 Å². The van der Waals surface area contributed by atoms with Crippen LogP contribution in [0.15, 0.2) is 194 Å². The SMILES string of the molecule is CC1(C)c2ccccc2-c2cc3c4cc(-c5ccc6c(c5)c5ccccc5n6-c5ccc6c7ccccc7c7ccccc7c6c5)ccc4n(-c4ccccc4)c3cc21. The lowest BCUT2D eigenvalue weighted by Crippen LogP contribution is -2.14. The summed E-state index contributed by atoms with van der Waals surface area (Å²) in [4.78, 5) is 0. The first-order chi connectivity index (χ1) is 29.0. The average molecular weight is 751 g/mol. The highest BCUT2D eigenvalue weighted by Gasteiger charge is 2.36. The van der Waals surface area contributed by atoms with Crippen LogP contribution in [0.4, 0.5) is 0 Å². The molecule has 2 heteroatoms. The fraction of sp³-hybridized carbons (Fsp3) is 0.0526. The first kappa shape index (κ1) is 32.6. The molecule has 0 radical (unpaired) electrons. The van der Waals surface area contributed by atoms with Crippen LogP contribution >= 0.6 is 0 Å². The molecule has 1 aliphatic rings. The van der Waals surface area contributed by atoms with Gasteiger partial charge in [-0.15, -0.1) is 0 Å². The fourth-order valence-electron chi connectivity index (χ4n) is 10.7. The van der Waals surface area contributed by atoms with Gasteiger partial charge in [0.1, 0.15) is 0 Å². The van der Waals surface area contributed by atoms with Crippen molar-refractivity contribution in [2.75, 3.05) is 0 Å². The summed E-state index contributed by atoms with van der Waals surface area (Å²) in [5.74, 6) is 0. The van der Waals surface area contributed by atoms with Crippen LogP contribution in [-0.4, -0.2) is 9.13 Å². The van der Waals surface area contributed by atoms with E-state index in [9.17, 15) is 0 Å². The lowest BCUT2D eigenvalue weighted by molar-refractivity contribution is 0.661. The van der Waals surface area contributed by atoms with Crippen molar-refractivity contribution >= 4 is 75.9 Å². The molecule has 12 aromatic rings. The Kier molecular flexibility index (Phi) is 6.54.